The molecule has 2 aliphatic rings. The summed E-state index contributed by atoms with van der Waals surface area (Å²) < 4.78 is 11.6. The fourth-order valence-corrected chi connectivity index (χ4v) is 4.45. The Morgan fingerprint density at radius 1 is 1.00 bits per heavy atom. The lowest BCUT2D eigenvalue weighted by atomic mass is 10.3. The molecule has 0 aromatic heterocycles. The fourth-order valence-electron chi connectivity index (χ4n) is 1.55. The van der Waals surface area contributed by atoms with E-state index in [4.69, 9.17) is 9.47 Å². The average molecular weight is 220 g/mol. The van der Waals surface area contributed by atoms with Gasteiger partial charge in [0.15, 0.2) is 6.29 Å². The van der Waals surface area contributed by atoms with E-state index in [1.54, 1.807) is 0 Å². The number of thioether (sulfide) groups is 2. The molecule has 0 radical (unpaired) electrons. The minimum absolute atomic E-state index is 0.100. The maximum Gasteiger partial charge on any atom is 0.157 e. The third-order valence-electron chi connectivity index (χ3n) is 2.23. The van der Waals surface area contributed by atoms with Crippen molar-refractivity contribution in [2.45, 2.75) is 30.1 Å². The summed E-state index contributed by atoms with van der Waals surface area (Å²) in [4.78, 5) is 0. The number of hydrogen-bond donors (Lipinski definition) is 0. The first kappa shape index (κ1) is 10.1. The van der Waals surface area contributed by atoms with Gasteiger partial charge in [0.2, 0.25) is 0 Å². The summed E-state index contributed by atoms with van der Waals surface area (Å²) in [7, 11) is 0. The Morgan fingerprint density at radius 3 is 2.38 bits per heavy atom. The molecule has 2 fully saturated rings. The first-order valence-electron chi connectivity index (χ1n) is 4.91. The monoisotopic (exact) mass is 220 g/mol. The van der Waals surface area contributed by atoms with E-state index in [0.717, 1.165) is 24.2 Å². The molecule has 0 N–H and O–H groups in total. The van der Waals surface area contributed by atoms with Gasteiger partial charge in [0.25, 0.3) is 0 Å². The molecule has 0 saturated carbocycles. The molecule has 0 amide bonds. The molecule has 2 nitrogen and oxygen atoms in total. The van der Waals surface area contributed by atoms with Crippen molar-refractivity contribution < 1.29 is 9.47 Å². The lowest BCUT2D eigenvalue weighted by molar-refractivity contribution is -0.0469. The maximum atomic E-state index is 5.40. The highest BCUT2D eigenvalue weighted by Crippen LogP contribution is 2.34. The summed E-state index contributed by atoms with van der Waals surface area (Å²) in [5.74, 6) is 2.67. The Morgan fingerprint density at radius 2 is 1.69 bits per heavy atom. The lowest BCUT2D eigenvalue weighted by Crippen LogP contribution is -2.13. The second-order valence-electron chi connectivity index (χ2n) is 3.27. The van der Waals surface area contributed by atoms with Gasteiger partial charge in [-0.15, -0.1) is 23.5 Å². The van der Waals surface area contributed by atoms with Gasteiger partial charge in [-0.25, -0.2) is 0 Å². The van der Waals surface area contributed by atoms with Crippen LogP contribution >= 0.6 is 23.5 Å². The van der Waals surface area contributed by atoms with Crippen LogP contribution in [0.25, 0.3) is 0 Å². The predicted octanol–water partition coefficient (Wildman–Crippen LogP) is 2.34. The standard InChI is InChI=1S/C9H16O2S2/c1-6-12-9(13-7-1)3-2-8-10-4-5-11-8/h8-9H,1-7H2. The molecule has 0 aromatic rings. The van der Waals surface area contributed by atoms with E-state index < -0.39 is 0 Å². The minimum Gasteiger partial charge on any atom is -0.350 e. The van der Waals surface area contributed by atoms with Crippen molar-refractivity contribution in [2.24, 2.45) is 0 Å². The molecule has 2 saturated heterocycles. The van der Waals surface area contributed by atoms with Crippen LogP contribution in [0.15, 0.2) is 0 Å². The van der Waals surface area contributed by atoms with E-state index in [1.807, 2.05) is 0 Å². The van der Waals surface area contributed by atoms with Gasteiger partial charge < -0.3 is 9.47 Å². The van der Waals surface area contributed by atoms with Crippen molar-refractivity contribution in [1.29, 1.82) is 0 Å². The highest BCUT2D eigenvalue weighted by Gasteiger charge is 2.20. The summed E-state index contributed by atoms with van der Waals surface area (Å²) in [5, 5.41) is 0. The van der Waals surface area contributed by atoms with Gasteiger partial charge in [0, 0.05) is 6.42 Å². The largest absolute Gasteiger partial charge is 0.350 e. The predicted molar refractivity (Wildman–Crippen MR) is 58.2 cm³/mol. The highest BCUT2D eigenvalue weighted by molar-refractivity contribution is 8.17. The second-order valence-corrected chi connectivity index (χ2v) is 6.19. The zero-order valence-electron chi connectivity index (χ0n) is 7.74. The number of ether oxygens (including phenoxy) is 2. The van der Waals surface area contributed by atoms with E-state index in [-0.39, 0.29) is 6.29 Å². The summed E-state index contributed by atoms with van der Waals surface area (Å²) >= 11 is 4.20. The van der Waals surface area contributed by atoms with Gasteiger partial charge in [-0.05, 0) is 24.3 Å². The minimum atomic E-state index is 0.100. The molecule has 76 valence electrons. The van der Waals surface area contributed by atoms with Gasteiger partial charge in [0.1, 0.15) is 0 Å². The third-order valence-corrected chi connectivity index (χ3v) is 5.31. The van der Waals surface area contributed by atoms with Crippen molar-refractivity contribution in [3.63, 3.8) is 0 Å². The SMILES string of the molecule is C1CSC(CCC2OCCO2)SC1. The van der Waals surface area contributed by atoms with Crippen LogP contribution in [-0.2, 0) is 9.47 Å². The van der Waals surface area contributed by atoms with Crippen LogP contribution in [-0.4, -0.2) is 35.6 Å². The molecule has 0 spiro atoms. The lowest BCUT2D eigenvalue weighted by Gasteiger charge is -2.21. The average Bonchev–Trinajstić information content (AvgIpc) is 2.69. The molecule has 0 aromatic carbocycles. The molecular weight excluding hydrogens is 204 g/mol. The third kappa shape index (κ3) is 3.35. The van der Waals surface area contributed by atoms with E-state index in [2.05, 4.69) is 23.5 Å². The van der Waals surface area contributed by atoms with Crippen LogP contribution in [0.2, 0.25) is 0 Å². The van der Waals surface area contributed by atoms with Crippen molar-refractivity contribution in [3.05, 3.63) is 0 Å². The van der Waals surface area contributed by atoms with Crippen LogP contribution in [0.1, 0.15) is 19.3 Å². The summed E-state index contributed by atoms with van der Waals surface area (Å²) in [6, 6.07) is 0. The van der Waals surface area contributed by atoms with Crippen molar-refractivity contribution in [2.75, 3.05) is 24.7 Å². The molecule has 0 atom stereocenters. The first-order chi connectivity index (χ1) is 6.45. The van der Waals surface area contributed by atoms with Crippen LogP contribution in [0.4, 0.5) is 0 Å². The molecule has 2 aliphatic heterocycles. The fraction of sp³-hybridized carbons (Fsp3) is 1.00. The second kappa shape index (κ2) is 5.49. The van der Waals surface area contributed by atoms with Crippen LogP contribution in [0.3, 0.4) is 0 Å². The Balaban J connectivity index is 1.60. The maximum absolute atomic E-state index is 5.40. The molecule has 4 heteroatoms. The highest BCUT2D eigenvalue weighted by atomic mass is 32.2. The van der Waals surface area contributed by atoms with Gasteiger partial charge in [-0.1, -0.05) is 0 Å². The van der Waals surface area contributed by atoms with Crippen molar-refractivity contribution in [3.8, 4) is 0 Å². The van der Waals surface area contributed by atoms with E-state index in [1.165, 1.54) is 24.3 Å². The summed E-state index contributed by atoms with van der Waals surface area (Å²) in [6.45, 7) is 1.57. The summed E-state index contributed by atoms with van der Waals surface area (Å²) in [5.41, 5.74) is 0. The molecule has 13 heavy (non-hydrogen) atoms. The Hall–Kier alpha value is 0.620. The van der Waals surface area contributed by atoms with Gasteiger partial charge in [-0.2, -0.15) is 0 Å². The van der Waals surface area contributed by atoms with Crippen LogP contribution in [0, 0.1) is 0 Å². The molecule has 0 aliphatic carbocycles. The summed E-state index contributed by atoms with van der Waals surface area (Å²) in [6.07, 6.45) is 3.79. The van der Waals surface area contributed by atoms with Gasteiger partial charge >= 0.3 is 0 Å². The van der Waals surface area contributed by atoms with Crippen LogP contribution < -0.4 is 0 Å². The number of rotatable bonds is 3. The molecule has 0 bridgehead atoms. The quantitative estimate of drug-likeness (QED) is 0.726. The smallest absolute Gasteiger partial charge is 0.157 e. The molecule has 2 heterocycles. The normalized spacial score (nSPS) is 26.8. The zero-order valence-corrected chi connectivity index (χ0v) is 9.37. The first-order valence-corrected chi connectivity index (χ1v) is 7.01. The number of hydrogen-bond acceptors (Lipinski definition) is 4. The van der Waals surface area contributed by atoms with Crippen LogP contribution in [0.5, 0.6) is 0 Å². The van der Waals surface area contributed by atoms with E-state index in [0.29, 0.717) is 0 Å². The Bertz CT molecular complexity index is 143. The Kier molecular flexibility index (Phi) is 4.28. The van der Waals surface area contributed by atoms with Gasteiger partial charge in [0.05, 0.1) is 17.8 Å². The van der Waals surface area contributed by atoms with E-state index >= 15 is 0 Å². The molecule has 0 unspecified atom stereocenters. The zero-order chi connectivity index (χ0) is 8.93. The Labute approximate surface area is 88.1 Å². The van der Waals surface area contributed by atoms with Gasteiger partial charge in [-0.3, -0.25) is 0 Å². The van der Waals surface area contributed by atoms with E-state index in [9.17, 15) is 0 Å². The molecule has 2 rings (SSSR count). The topological polar surface area (TPSA) is 18.5 Å². The molecular formula is C9H16O2S2. The van der Waals surface area contributed by atoms with Crippen molar-refractivity contribution >= 4 is 23.5 Å². The van der Waals surface area contributed by atoms with Crippen molar-refractivity contribution in [1.82, 2.24) is 0 Å².